The smallest absolute Gasteiger partial charge is 0.317 e. The SMILES string of the molecule is CCC(NC(=O)N1CCC2(CC1)CN(C)CCCN2C)c1ccc(C)cc1. The fraction of sp³-hybridized carbons (Fsp3) is 0.682. The molecule has 27 heavy (non-hydrogen) atoms. The quantitative estimate of drug-likeness (QED) is 0.885. The zero-order valence-corrected chi connectivity index (χ0v) is 17.5. The summed E-state index contributed by atoms with van der Waals surface area (Å²) in [6, 6.07) is 8.67. The standard InChI is InChI=1S/C22H36N4O/c1-5-20(19-9-7-18(2)8-10-19)23-21(27)26-15-11-22(12-16-26)17-24(3)13-6-14-25(22)4/h7-10,20H,5-6,11-17H2,1-4H3,(H,23,27). The molecule has 2 heterocycles. The van der Waals surface area contributed by atoms with Gasteiger partial charge in [-0.15, -0.1) is 0 Å². The number of carbonyl (C=O) groups is 1. The van der Waals surface area contributed by atoms with Gasteiger partial charge in [0.25, 0.3) is 0 Å². The van der Waals surface area contributed by atoms with Gasteiger partial charge >= 0.3 is 6.03 Å². The summed E-state index contributed by atoms with van der Waals surface area (Å²) in [6.45, 7) is 9.34. The van der Waals surface area contributed by atoms with Crippen molar-refractivity contribution < 1.29 is 4.79 Å². The maximum absolute atomic E-state index is 12.9. The molecule has 0 radical (unpaired) electrons. The minimum absolute atomic E-state index is 0.0840. The van der Waals surface area contributed by atoms with E-state index in [0.29, 0.717) is 0 Å². The second-order valence-corrected chi connectivity index (χ2v) is 8.55. The summed E-state index contributed by atoms with van der Waals surface area (Å²) in [5.74, 6) is 0. The Kier molecular flexibility index (Phi) is 6.43. The number of urea groups is 1. The van der Waals surface area contributed by atoms with Crippen molar-refractivity contribution in [3.63, 3.8) is 0 Å². The molecule has 2 amide bonds. The van der Waals surface area contributed by atoms with Gasteiger partial charge in [-0.3, -0.25) is 4.90 Å². The minimum Gasteiger partial charge on any atom is -0.331 e. The molecule has 2 aliphatic heterocycles. The first-order valence-corrected chi connectivity index (χ1v) is 10.5. The number of likely N-dealkylation sites (tertiary alicyclic amines) is 1. The Morgan fingerprint density at radius 2 is 1.78 bits per heavy atom. The second kappa shape index (κ2) is 8.61. The highest BCUT2D eigenvalue weighted by Crippen LogP contribution is 2.31. The highest BCUT2D eigenvalue weighted by Gasteiger charge is 2.41. The molecule has 1 spiro atoms. The molecule has 1 N–H and O–H groups in total. The molecule has 5 heteroatoms. The van der Waals surface area contributed by atoms with E-state index in [1.807, 2.05) is 4.90 Å². The number of hydrogen-bond acceptors (Lipinski definition) is 3. The lowest BCUT2D eigenvalue weighted by molar-refractivity contribution is 0.0419. The summed E-state index contributed by atoms with van der Waals surface area (Å²) in [5, 5.41) is 3.26. The number of likely N-dealkylation sites (N-methyl/N-ethyl adjacent to an activating group) is 2. The van der Waals surface area contributed by atoms with Gasteiger partial charge in [0.2, 0.25) is 0 Å². The Labute approximate surface area is 164 Å². The van der Waals surface area contributed by atoms with Crippen molar-refractivity contribution in [2.24, 2.45) is 0 Å². The molecule has 0 bridgehead atoms. The maximum Gasteiger partial charge on any atom is 0.317 e. The predicted octanol–water partition coefficient (Wildman–Crippen LogP) is 3.26. The molecule has 1 atom stereocenters. The first kappa shape index (κ1) is 20.2. The predicted molar refractivity (Wildman–Crippen MR) is 111 cm³/mol. The number of carbonyl (C=O) groups excluding carboxylic acids is 1. The van der Waals surface area contributed by atoms with E-state index >= 15 is 0 Å². The summed E-state index contributed by atoms with van der Waals surface area (Å²) in [4.78, 5) is 19.9. The van der Waals surface area contributed by atoms with Crippen LogP contribution in [0.15, 0.2) is 24.3 Å². The van der Waals surface area contributed by atoms with Crippen molar-refractivity contribution in [2.45, 2.75) is 51.1 Å². The zero-order valence-electron chi connectivity index (χ0n) is 17.5. The lowest BCUT2D eigenvalue weighted by Gasteiger charge is -2.47. The molecule has 150 valence electrons. The van der Waals surface area contributed by atoms with Gasteiger partial charge in [0.1, 0.15) is 0 Å². The van der Waals surface area contributed by atoms with Crippen LogP contribution in [0.4, 0.5) is 4.79 Å². The molecule has 5 nitrogen and oxygen atoms in total. The number of nitrogens with one attached hydrogen (secondary N) is 1. The average molecular weight is 373 g/mol. The zero-order chi connectivity index (χ0) is 19.4. The Hall–Kier alpha value is -1.59. The number of aryl methyl sites for hydroxylation is 1. The van der Waals surface area contributed by atoms with Crippen LogP contribution in [0.2, 0.25) is 0 Å². The first-order valence-electron chi connectivity index (χ1n) is 10.5. The van der Waals surface area contributed by atoms with Crippen LogP contribution in [-0.2, 0) is 0 Å². The van der Waals surface area contributed by atoms with E-state index < -0.39 is 0 Å². The van der Waals surface area contributed by atoms with Crippen LogP contribution < -0.4 is 5.32 Å². The first-order chi connectivity index (χ1) is 12.9. The fourth-order valence-electron chi connectivity index (χ4n) is 4.64. The van der Waals surface area contributed by atoms with Gasteiger partial charge in [-0.2, -0.15) is 0 Å². The highest BCUT2D eigenvalue weighted by molar-refractivity contribution is 5.75. The van der Waals surface area contributed by atoms with Gasteiger partial charge in [-0.05, 0) is 65.4 Å². The topological polar surface area (TPSA) is 38.8 Å². The fourth-order valence-corrected chi connectivity index (χ4v) is 4.64. The highest BCUT2D eigenvalue weighted by atomic mass is 16.2. The largest absolute Gasteiger partial charge is 0.331 e. The molecule has 3 rings (SSSR count). The third kappa shape index (κ3) is 4.64. The van der Waals surface area contributed by atoms with Crippen molar-refractivity contribution in [1.82, 2.24) is 20.0 Å². The van der Waals surface area contributed by atoms with Crippen LogP contribution in [0.5, 0.6) is 0 Å². The summed E-state index contributed by atoms with van der Waals surface area (Å²) in [7, 11) is 4.49. The molecule has 1 aromatic carbocycles. The molecule has 2 aliphatic rings. The van der Waals surface area contributed by atoms with Crippen LogP contribution >= 0.6 is 0 Å². The molecular formula is C22H36N4O. The van der Waals surface area contributed by atoms with Crippen molar-refractivity contribution in [2.75, 3.05) is 46.8 Å². The van der Waals surface area contributed by atoms with E-state index in [4.69, 9.17) is 0 Å². The number of hydrogen-bond donors (Lipinski definition) is 1. The molecule has 2 saturated heterocycles. The lowest BCUT2D eigenvalue weighted by Crippen LogP contribution is -2.59. The van der Waals surface area contributed by atoms with Gasteiger partial charge in [-0.25, -0.2) is 4.79 Å². The van der Waals surface area contributed by atoms with Crippen molar-refractivity contribution in [3.8, 4) is 0 Å². The Morgan fingerprint density at radius 3 is 2.41 bits per heavy atom. The summed E-state index contributed by atoms with van der Waals surface area (Å²) >= 11 is 0. The van der Waals surface area contributed by atoms with Gasteiger partial charge in [-0.1, -0.05) is 36.8 Å². The van der Waals surface area contributed by atoms with Gasteiger partial charge in [0, 0.05) is 25.2 Å². The number of amides is 2. The molecule has 2 fully saturated rings. The minimum atomic E-state index is 0.0840. The number of nitrogens with zero attached hydrogens (tertiary/aromatic N) is 3. The van der Waals surface area contributed by atoms with Gasteiger partial charge in [0.15, 0.2) is 0 Å². The molecule has 0 aliphatic carbocycles. The van der Waals surface area contributed by atoms with Crippen LogP contribution in [0.25, 0.3) is 0 Å². The maximum atomic E-state index is 12.9. The van der Waals surface area contributed by atoms with Crippen LogP contribution in [0.3, 0.4) is 0 Å². The normalized spacial score (nSPS) is 22.4. The van der Waals surface area contributed by atoms with Crippen molar-refractivity contribution >= 4 is 6.03 Å². The second-order valence-electron chi connectivity index (χ2n) is 8.55. The van der Waals surface area contributed by atoms with Crippen molar-refractivity contribution in [3.05, 3.63) is 35.4 Å². The van der Waals surface area contributed by atoms with E-state index in [-0.39, 0.29) is 17.6 Å². The Bertz CT molecular complexity index is 622. The summed E-state index contributed by atoms with van der Waals surface area (Å²) < 4.78 is 0. The molecule has 1 unspecified atom stereocenters. The molecule has 0 aromatic heterocycles. The number of benzene rings is 1. The molecule has 0 saturated carbocycles. The lowest BCUT2D eigenvalue weighted by atomic mass is 9.85. The number of rotatable bonds is 3. The van der Waals surface area contributed by atoms with E-state index in [9.17, 15) is 4.79 Å². The van der Waals surface area contributed by atoms with E-state index in [2.05, 4.69) is 67.3 Å². The van der Waals surface area contributed by atoms with Gasteiger partial charge in [0.05, 0.1) is 6.04 Å². The Balaban J connectivity index is 1.59. The number of piperidine rings is 1. The van der Waals surface area contributed by atoms with Gasteiger partial charge < -0.3 is 15.1 Å². The van der Waals surface area contributed by atoms with Crippen molar-refractivity contribution in [1.29, 1.82) is 0 Å². The van der Waals surface area contributed by atoms with Crippen LogP contribution in [-0.4, -0.2) is 73.1 Å². The van der Waals surface area contributed by atoms with E-state index in [1.54, 1.807) is 0 Å². The van der Waals surface area contributed by atoms with Crippen LogP contribution in [0.1, 0.15) is 49.8 Å². The molecule has 1 aromatic rings. The molecular weight excluding hydrogens is 336 g/mol. The van der Waals surface area contributed by atoms with Crippen LogP contribution in [0, 0.1) is 6.92 Å². The Morgan fingerprint density at radius 1 is 1.11 bits per heavy atom. The average Bonchev–Trinajstić information content (AvgIpc) is 2.79. The summed E-state index contributed by atoms with van der Waals surface area (Å²) in [6.07, 6.45) is 4.25. The third-order valence-corrected chi connectivity index (χ3v) is 6.57. The van der Waals surface area contributed by atoms with E-state index in [1.165, 1.54) is 24.1 Å². The monoisotopic (exact) mass is 372 g/mol. The summed E-state index contributed by atoms with van der Waals surface area (Å²) in [5.41, 5.74) is 2.66. The third-order valence-electron chi connectivity index (χ3n) is 6.57. The van der Waals surface area contributed by atoms with E-state index in [0.717, 1.165) is 45.4 Å².